The minimum Gasteiger partial charge on any atom is -0.463 e. The number of hydrogen-bond acceptors (Lipinski definition) is 5. The lowest BCUT2D eigenvalue weighted by Gasteiger charge is -2.28. The smallest absolute Gasteiger partial charge is 0.338 e. The van der Waals surface area contributed by atoms with Crippen LogP contribution in [-0.4, -0.2) is 27.3 Å². The molecule has 0 unspecified atom stereocenters. The van der Waals surface area contributed by atoms with Gasteiger partial charge in [0.15, 0.2) is 0 Å². The van der Waals surface area contributed by atoms with Crippen LogP contribution in [0.2, 0.25) is 0 Å². The molecule has 1 N–H and O–H groups in total. The van der Waals surface area contributed by atoms with Crippen LogP contribution < -0.4 is 5.32 Å². The Morgan fingerprint density at radius 2 is 2.14 bits per heavy atom. The Balaban J connectivity index is 2.13. The number of carbonyl (C=O) groups excluding carboxylic acids is 1. The van der Waals surface area contributed by atoms with Crippen molar-refractivity contribution in [2.75, 3.05) is 11.9 Å². The summed E-state index contributed by atoms with van der Waals surface area (Å²) in [5.41, 5.74) is 2.26. The number of hydrogen-bond donors (Lipinski definition) is 1. The summed E-state index contributed by atoms with van der Waals surface area (Å²) >= 11 is 2.25. The summed E-state index contributed by atoms with van der Waals surface area (Å²) in [6.45, 7) is 3.98. The van der Waals surface area contributed by atoms with Gasteiger partial charge in [0.25, 0.3) is 0 Å². The molecule has 0 saturated heterocycles. The number of rotatable bonds is 3. The van der Waals surface area contributed by atoms with E-state index in [9.17, 15) is 4.79 Å². The highest BCUT2D eigenvalue weighted by Gasteiger charge is 2.34. The average Bonchev–Trinajstić information content (AvgIpc) is 2.94. The third-order valence-corrected chi connectivity index (χ3v) is 4.19. The minimum absolute atomic E-state index is 0.333. The molecule has 0 bridgehead atoms. The summed E-state index contributed by atoms with van der Waals surface area (Å²) in [6.07, 6.45) is 1.48. The maximum absolute atomic E-state index is 12.4. The second kappa shape index (κ2) is 6.07. The fourth-order valence-electron chi connectivity index (χ4n) is 2.52. The van der Waals surface area contributed by atoms with Crippen LogP contribution in [0.4, 0.5) is 5.95 Å². The van der Waals surface area contributed by atoms with Crippen LogP contribution >= 0.6 is 22.6 Å². The SMILES string of the molecule is CCOC(=O)C1=C(C)Nc2ncnn2[C@H]1c1ccc(I)cc1. The van der Waals surface area contributed by atoms with Crippen molar-refractivity contribution in [3.05, 3.63) is 51.0 Å². The summed E-state index contributed by atoms with van der Waals surface area (Å²) in [6, 6.07) is 7.67. The highest BCUT2D eigenvalue weighted by atomic mass is 127. The molecule has 0 spiro atoms. The number of aromatic nitrogens is 3. The second-order valence-electron chi connectivity index (χ2n) is 4.87. The quantitative estimate of drug-likeness (QED) is 0.623. The van der Waals surface area contributed by atoms with Crippen molar-refractivity contribution in [2.24, 2.45) is 0 Å². The van der Waals surface area contributed by atoms with E-state index in [0.29, 0.717) is 18.1 Å². The molecule has 0 saturated carbocycles. The summed E-state index contributed by atoms with van der Waals surface area (Å²) in [5, 5.41) is 7.37. The Labute approximate surface area is 141 Å². The number of nitrogens with one attached hydrogen (secondary N) is 1. The number of fused-ring (bicyclic) bond motifs is 1. The molecule has 3 rings (SSSR count). The van der Waals surface area contributed by atoms with Crippen molar-refractivity contribution >= 4 is 34.5 Å². The van der Waals surface area contributed by atoms with E-state index >= 15 is 0 Å². The fraction of sp³-hybridized carbons (Fsp3) is 0.267. The molecule has 2 aromatic rings. The molecule has 1 aliphatic rings. The molecule has 1 aliphatic heterocycles. The standard InChI is InChI=1S/C15H15IN4O2/c1-3-22-14(21)12-9(2)19-15-17-8-18-20(15)13(12)10-4-6-11(16)7-5-10/h4-8,13H,3H2,1-2H3,(H,17,18,19)/t13-/m0/s1. The third-order valence-electron chi connectivity index (χ3n) is 3.48. The van der Waals surface area contributed by atoms with Gasteiger partial charge in [-0.1, -0.05) is 12.1 Å². The minimum atomic E-state index is -0.338. The molecule has 0 amide bonds. The topological polar surface area (TPSA) is 69.0 Å². The van der Waals surface area contributed by atoms with E-state index in [4.69, 9.17) is 4.74 Å². The second-order valence-corrected chi connectivity index (χ2v) is 6.11. The zero-order chi connectivity index (χ0) is 15.7. The predicted molar refractivity (Wildman–Crippen MR) is 90.3 cm³/mol. The first kappa shape index (κ1) is 15.0. The normalized spacial score (nSPS) is 17.0. The summed E-state index contributed by atoms with van der Waals surface area (Å²) < 4.78 is 8.06. The lowest BCUT2D eigenvalue weighted by Crippen LogP contribution is -2.29. The molecule has 1 aromatic heterocycles. The van der Waals surface area contributed by atoms with Gasteiger partial charge in [-0.2, -0.15) is 10.1 Å². The first-order chi connectivity index (χ1) is 10.6. The first-order valence-corrected chi connectivity index (χ1v) is 7.99. The van der Waals surface area contributed by atoms with Gasteiger partial charge >= 0.3 is 5.97 Å². The Morgan fingerprint density at radius 3 is 2.82 bits per heavy atom. The molecule has 7 heteroatoms. The molecule has 6 nitrogen and oxygen atoms in total. The van der Waals surface area contributed by atoms with Crippen LogP contribution in [0, 0.1) is 3.57 Å². The first-order valence-electron chi connectivity index (χ1n) is 6.91. The van der Waals surface area contributed by atoms with Gasteiger partial charge in [0.2, 0.25) is 5.95 Å². The molecule has 2 heterocycles. The number of ether oxygens (including phenoxy) is 1. The van der Waals surface area contributed by atoms with Gasteiger partial charge in [-0.25, -0.2) is 9.48 Å². The van der Waals surface area contributed by atoms with Gasteiger partial charge in [0.1, 0.15) is 12.4 Å². The van der Waals surface area contributed by atoms with Gasteiger partial charge in [-0.15, -0.1) is 0 Å². The molecule has 0 radical (unpaired) electrons. The van der Waals surface area contributed by atoms with Crippen LogP contribution in [0.5, 0.6) is 0 Å². The van der Waals surface area contributed by atoms with Crippen molar-refractivity contribution in [1.82, 2.24) is 14.8 Å². The van der Waals surface area contributed by atoms with Gasteiger partial charge in [0.05, 0.1) is 12.2 Å². The molecule has 1 aromatic carbocycles. The van der Waals surface area contributed by atoms with E-state index in [-0.39, 0.29) is 12.0 Å². The monoisotopic (exact) mass is 410 g/mol. The number of benzene rings is 1. The number of halogens is 1. The highest BCUT2D eigenvalue weighted by Crippen LogP contribution is 2.35. The average molecular weight is 410 g/mol. The van der Waals surface area contributed by atoms with Crippen molar-refractivity contribution < 1.29 is 9.53 Å². The van der Waals surface area contributed by atoms with Gasteiger partial charge in [-0.05, 0) is 54.1 Å². The predicted octanol–water partition coefficient (Wildman–Crippen LogP) is 2.73. The Morgan fingerprint density at radius 1 is 1.41 bits per heavy atom. The zero-order valence-electron chi connectivity index (χ0n) is 12.2. The van der Waals surface area contributed by atoms with Crippen LogP contribution in [0.3, 0.4) is 0 Å². The van der Waals surface area contributed by atoms with Crippen molar-refractivity contribution in [3.63, 3.8) is 0 Å². The number of anilines is 1. The van der Waals surface area contributed by atoms with Gasteiger partial charge in [-0.3, -0.25) is 0 Å². The summed E-state index contributed by atoms with van der Waals surface area (Å²) in [7, 11) is 0. The largest absolute Gasteiger partial charge is 0.463 e. The van der Waals surface area contributed by atoms with E-state index in [1.54, 1.807) is 11.6 Å². The van der Waals surface area contributed by atoms with Crippen LogP contribution in [0.15, 0.2) is 41.9 Å². The number of allylic oxidation sites excluding steroid dienone is 1. The maximum Gasteiger partial charge on any atom is 0.338 e. The Kier molecular flexibility index (Phi) is 4.14. The van der Waals surface area contributed by atoms with Crippen molar-refractivity contribution in [1.29, 1.82) is 0 Å². The molecule has 0 aliphatic carbocycles. The number of esters is 1. The molecule has 22 heavy (non-hydrogen) atoms. The summed E-state index contributed by atoms with van der Waals surface area (Å²) in [5.74, 6) is 0.284. The van der Waals surface area contributed by atoms with Gasteiger partial charge in [0, 0.05) is 9.27 Å². The lowest BCUT2D eigenvalue weighted by atomic mass is 9.96. The summed E-state index contributed by atoms with van der Waals surface area (Å²) in [4.78, 5) is 16.6. The van der Waals surface area contributed by atoms with Crippen molar-refractivity contribution in [2.45, 2.75) is 19.9 Å². The molecule has 114 valence electrons. The Bertz CT molecular complexity index is 736. The fourth-order valence-corrected chi connectivity index (χ4v) is 2.88. The van der Waals surface area contributed by atoms with Crippen LogP contribution in [0.25, 0.3) is 0 Å². The van der Waals surface area contributed by atoms with E-state index in [0.717, 1.165) is 14.8 Å². The van der Waals surface area contributed by atoms with E-state index < -0.39 is 0 Å². The molecular formula is C15H15IN4O2. The number of carbonyl (C=O) groups is 1. The maximum atomic E-state index is 12.4. The molecule has 0 fully saturated rings. The third kappa shape index (κ3) is 2.60. The van der Waals surface area contributed by atoms with E-state index in [2.05, 4.69) is 38.0 Å². The molecule has 1 atom stereocenters. The van der Waals surface area contributed by atoms with E-state index in [1.807, 2.05) is 31.2 Å². The van der Waals surface area contributed by atoms with Crippen LogP contribution in [0.1, 0.15) is 25.5 Å². The zero-order valence-corrected chi connectivity index (χ0v) is 14.4. The highest BCUT2D eigenvalue weighted by molar-refractivity contribution is 14.1. The lowest BCUT2D eigenvalue weighted by molar-refractivity contribution is -0.139. The molecular weight excluding hydrogens is 395 g/mol. The number of nitrogens with zero attached hydrogens (tertiary/aromatic N) is 3. The van der Waals surface area contributed by atoms with Crippen molar-refractivity contribution in [3.8, 4) is 0 Å². The van der Waals surface area contributed by atoms with Crippen LogP contribution in [-0.2, 0) is 9.53 Å². The van der Waals surface area contributed by atoms with Gasteiger partial charge < -0.3 is 10.1 Å². The van der Waals surface area contributed by atoms with E-state index in [1.165, 1.54) is 6.33 Å². The Hall–Kier alpha value is -1.90.